The number of nitrogens with two attached hydrogens (primary N) is 1. The van der Waals surface area contributed by atoms with Crippen molar-refractivity contribution in [3.8, 4) is 0 Å². The molecule has 84 valence electrons. The van der Waals surface area contributed by atoms with Crippen molar-refractivity contribution in [1.82, 2.24) is 9.78 Å². The fourth-order valence-corrected chi connectivity index (χ4v) is 1.25. The maximum absolute atomic E-state index is 10.5. The average molecular weight is 213 g/mol. The van der Waals surface area contributed by atoms with Gasteiger partial charge in [0.15, 0.2) is 0 Å². The predicted octanol–water partition coefficient (Wildman–Crippen LogP) is -0.827. The Morgan fingerprint density at radius 3 is 2.80 bits per heavy atom. The second kappa shape index (κ2) is 4.90. The lowest BCUT2D eigenvalue weighted by Gasteiger charge is -2.14. The largest absolute Gasteiger partial charge is 0.390 e. The molecule has 0 fully saturated rings. The van der Waals surface area contributed by atoms with E-state index in [0.29, 0.717) is 12.1 Å². The first kappa shape index (κ1) is 11.7. The summed E-state index contributed by atoms with van der Waals surface area (Å²) in [5.74, 6) is -0.649. The van der Waals surface area contributed by atoms with Gasteiger partial charge in [-0.25, -0.2) is 0 Å². The first-order valence-corrected chi connectivity index (χ1v) is 4.71. The lowest BCUT2D eigenvalue weighted by molar-refractivity contribution is -0.121. The molecule has 2 atom stereocenters. The topological polar surface area (TPSA) is 101 Å². The van der Waals surface area contributed by atoms with Crippen LogP contribution in [0, 0.1) is 0 Å². The Kier molecular flexibility index (Phi) is 3.81. The van der Waals surface area contributed by atoms with Crippen LogP contribution < -0.4 is 5.73 Å². The molecule has 0 aliphatic heterocycles. The van der Waals surface area contributed by atoms with Crippen LogP contribution in [0.4, 0.5) is 0 Å². The van der Waals surface area contributed by atoms with Gasteiger partial charge in [0, 0.05) is 18.3 Å². The second-order valence-corrected chi connectivity index (χ2v) is 3.31. The SMILES string of the molecule is CCn1cc(C(O)C(O)CC(N)=O)cn1. The summed E-state index contributed by atoms with van der Waals surface area (Å²) in [6.45, 7) is 2.58. The van der Waals surface area contributed by atoms with E-state index in [0.717, 1.165) is 0 Å². The van der Waals surface area contributed by atoms with Gasteiger partial charge in [0.2, 0.25) is 5.91 Å². The van der Waals surface area contributed by atoms with Crippen LogP contribution in [-0.2, 0) is 11.3 Å². The minimum absolute atomic E-state index is 0.265. The molecule has 0 saturated carbocycles. The number of carbonyl (C=O) groups is 1. The molecule has 0 saturated heterocycles. The molecule has 2 unspecified atom stereocenters. The molecule has 0 radical (unpaired) electrons. The first-order valence-electron chi connectivity index (χ1n) is 4.71. The highest BCUT2D eigenvalue weighted by Gasteiger charge is 2.21. The summed E-state index contributed by atoms with van der Waals surface area (Å²) in [5.41, 5.74) is 5.39. The summed E-state index contributed by atoms with van der Waals surface area (Å²) in [4.78, 5) is 10.5. The van der Waals surface area contributed by atoms with Crippen molar-refractivity contribution in [2.75, 3.05) is 0 Å². The number of aliphatic hydroxyl groups is 2. The third kappa shape index (κ3) is 3.03. The Balaban J connectivity index is 2.66. The van der Waals surface area contributed by atoms with Crippen LogP contribution in [0.1, 0.15) is 25.0 Å². The van der Waals surface area contributed by atoms with Crippen molar-refractivity contribution < 1.29 is 15.0 Å². The number of hydrogen-bond acceptors (Lipinski definition) is 4. The fourth-order valence-electron chi connectivity index (χ4n) is 1.25. The second-order valence-electron chi connectivity index (χ2n) is 3.31. The van der Waals surface area contributed by atoms with Crippen LogP contribution in [0.2, 0.25) is 0 Å². The van der Waals surface area contributed by atoms with Gasteiger partial charge in [0.05, 0.1) is 18.7 Å². The summed E-state index contributed by atoms with van der Waals surface area (Å²) in [6.07, 6.45) is 0.501. The summed E-state index contributed by atoms with van der Waals surface area (Å²) in [5, 5.41) is 23.0. The maximum atomic E-state index is 10.5. The van der Waals surface area contributed by atoms with Crippen LogP contribution in [0.3, 0.4) is 0 Å². The molecule has 0 aliphatic rings. The van der Waals surface area contributed by atoms with E-state index in [2.05, 4.69) is 5.10 Å². The fraction of sp³-hybridized carbons (Fsp3) is 0.556. The van der Waals surface area contributed by atoms with Gasteiger partial charge < -0.3 is 15.9 Å². The van der Waals surface area contributed by atoms with Crippen molar-refractivity contribution >= 4 is 5.91 Å². The van der Waals surface area contributed by atoms with E-state index in [1.807, 2.05) is 6.92 Å². The molecular weight excluding hydrogens is 198 g/mol. The summed E-state index contributed by atoms with van der Waals surface area (Å²) in [7, 11) is 0. The van der Waals surface area contributed by atoms with Crippen LogP contribution in [-0.4, -0.2) is 32.0 Å². The smallest absolute Gasteiger partial charge is 0.220 e. The number of rotatable bonds is 5. The zero-order valence-electron chi connectivity index (χ0n) is 8.50. The van der Waals surface area contributed by atoms with Gasteiger partial charge in [-0.05, 0) is 6.92 Å². The van der Waals surface area contributed by atoms with Crippen LogP contribution >= 0.6 is 0 Å². The van der Waals surface area contributed by atoms with Gasteiger partial charge in [0.1, 0.15) is 6.10 Å². The zero-order valence-corrected chi connectivity index (χ0v) is 8.50. The molecule has 0 aromatic carbocycles. The van der Waals surface area contributed by atoms with E-state index in [4.69, 9.17) is 5.73 Å². The highest BCUT2D eigenvalue weighted by atomic mass is 16.3. The monoisotopic (exact) mass is 213 g/mol. The highest BCUT2D eigenvalue weighted by Crippen LogP contribution is 2.17. The van der Waals surface area contributed by atoms with Crippen LogP contribution in [0.5, 0.6) is 0 Å². The van der Waals surface area contributed by atoms with Gasteiger partial charge in [-0.2, -0.15) is 5.10 Å². The van der Waals surface area contributed by atoms with Crippen molar-refractivity contribution in [2.24, 2.45) is 5.73 Å². The number of primary amides is 1. The number of aromatic nitrogens is 2. The van der Waals surface area contributed by atoms with Gasteiger partial charge in [-0.15, -0.1) is 0 Å². The van der Waals surface area contributed by atoms with E-state index < -0.39 is 18.1 Å². The normalized spacial score (nSPS) is 14.9. The molecule has 1 rings (SSSR count). The van der Waals surface area contributed by atoms with Crippen LogP contribution in [0.15, 0.2) is 12.4 Å². The molecule has 4 N–H and O–H groups in total. The van der Waals surface area contributed by atoms with E-state index in [-0.39, 0.29) is 6.42 Å². The van der Waals surface area contributed by atoms with Gasteiger partial charge in [0.25, 0.3) is 0 Å². The number of amides is 1. The van der Waals surface area contributed by atoms with Crippen LogP contribution in [0.25, 0.3) is 0 Å². The third-order valence-electron chi connectivity index (χ3n) is 2.09. The molecule has 0 spiro atoms. The molecule has 1 heterocycles. The number of hydrogen-bond donors (Lipinski definition) is 3. The minimum Gasteiger partial charge on any atom is -0.390 e. The van der Waals surface area contributed by atoms with Crippen molar-refractivity contribution in [3.63, 3.8) is 0 Å². The van der Waals surface area contributed by atoms with E-state index in [1.165, 1.54) is 6.20 Å². The third-order valence-corrected chi connectivity index (χ3v) is 2.09. The minimum atomic E-state index is -1.18. The standard InChI is InChI=1S/C9H15N3O3/c1-2-12-5-6(4-11-12)9(15)7(13)3-8(10)14/h4-5,7,9,13,15H,2-3H2,1H3,(H2,10,14). The number of nitrogens with zero attached hydrogens (tertiary/aromatic N) is 2. The average Bonchev–Trinajstić information content (AvgIpc) is 2.63. The Morgan fingerprint density at radius 1 is 1.67 bits per heavy atom. The van der Waals surface area contributed by atoms with Gasteiger partial charge in [-0.1, -0.05) is 0 Å². The summed E-state index contributed by atoms with van der Waals surface area (Å²) >= 11 is 0. The Morgan fingerprint density at radius 2 is 2.33 bits per heavy atom. The number of carbonyl (C=O) groups excluding carboxylic acids is 1. The predicted molar refractivity (Wildman–Crippen MR) is 52.7 cm³/mol. The quantitative estimate of drug-likeness (QED) is 0.594. The molecule has 1 aromatic rings. The van der Waals surface area contributed by atoms with Crippen molar-refractivity contribution in [1.29, 1.82) is 0 Å². The van der Waals surface area contributed by atoms with Crippen molar-refractivity contribution in [3.05, 3.63) is 18.0 Å². The number of aliphatic hydroxyl groups excluding tert-OH is 2. The van der Waals surface area contributed by atoms with Gasteiger partial charge in [-0.3, -0.25) is 9.48 Å². The number of aryl methyl sites for hydroxylation is 1. The first-order chi connectivity index (χ1) is 7.04. The van der Waals surface area contributed by atoms with Crippen molar-refractivity contribution in [2.45, 2.75) is 32.1 Å². The Hall–Kier alpha value is -1.40. The highest BCUT2D eigenvalue weighted by molar-refractivity contribution is 5.74. The summed E-state index contributed by atoms with van der Waals surface area (Å²) in [6, 6.07) is 0. The molecule has 1 amide bonds. The maximum Gasteiger partial charge on any atom is 0.220 e. The Labute approximate surface area is 87.3 Å². The lowest BCUT2D eigenvalue weighted by Crippen LogP contribution is -2.25. The molecular formula is C9H15N3O3. The summed E-state index contributed by atoms with van der Waals surface area (Å²) < 4.78 is 1.62. The Bertz CT molecular complexity index is 337. The molecule has 0 bridgehead atoms. The molecule has 6 nitrogen and oxygen atoms in total. The van der Waals surface area contributed by atoms with E-state index >= 15 is 0 Å². The lowest BCUT2D eigenvalue weighted by atomic mass is 10.1. The molecule has 6 heteroatoms. The zero-order chi connectivity index (χ0) is 11.4. The van der Waals surface area contributed by atoms with E-state index in [9.17, 15) is 15.0 Å². The molecule has 1 aromatic heterocycles. The molecule has 15 heavy (non-hydrogen) atoms. The van der Waals surface area contributed by atoms with Gasteiger partial charge >= 0.3 is 0 Å². The van der Waals surface area contributed by atoms with E-state index in [1.54, 1.807) is 10.9 Å². The molecule has 0 aliphatic carbocycles.